The van der Waals surface area contributed by atoms with Crippen LogP contribution in [-0.4, -0.2) is 76.6 Å². The van der Waals surface area contributed by atoms with Crippen LogP contribution in [0, 0.1) is 0 Å². The van der Waals surface area contributed by atoms with Gasteiger partial charge >= 0.3 is 47.6 Å². The van der Waals surface area contributed by atoms with E-state index in [2.05, 4.69) is 39.5 Å². The van der Waals surface area contributed by atoms with Gasteiger partial charge in [0.1, 0.15) is 0 Å². The van der Waals surface area contributed by atoms with Crippen molar-refractivity contribution in [3.63, 3.8) is 0 Å². The van der Waals surface area contributed by atoms with Crippen molar-refractivity contribution >= 4 is 35.8 Å². The largest absolute Gasteiger partial charge is 0.512 e. The number of hydrogen-bond acceptors (Lipinski definition) is 14. The maximum Gasteiger partial charge on any atom is 0.512 e. The van der Waals surface area contributed by atoms with E-state index >= 15 is 0 Å². The van der Waals surface area contributed by atoms with Crippen molar-refractivity contribution in [2.24, 2.45) is 0 Å². The molecule has 0 bridgehead atoms. The molecule has 37 heavy (non-hydrogen) atoms. The molecule has 0 aliphatic rings. The van der Waals surface area contributed by atoms with Crippen molar-refractivity contribution in [3.8, 4) is 0 Å². The third-order valence-corrected chi connectivity index (χ3v) is 4.00. The first-order valence-electron chi connectivity index (χ1n) is 9.70. The normalized spacial score (nSPS) is 10.9. The van der Waals surface area contributed by atoms with Crippen LogP contribution >= 0.6 is 0 Å². The molecule has 0 unspecified atom stereocenters. The lowest BCUT2D eigenvalue weighted by molar-refractivity contribution is -0.472. The van der Waals surface area contributed by atoms with E-state index in [9.17, 15) is 39.0 Å². The first-order valence-corrected chi connectivity index (χ1v) is 9.70. The third kappa shape index (κ3) is 7.09. The standard InChI is InChI=1S/C23H24O14/c1-7-15(26)32-21(13-24,14-25)22(33-16(27)8-2,34-17(28)9-3)23(35-18(29)10-4,36-19(30)11-5)37-20(31)12-6/h7-12,24-25H,1-6,13-14H2. The summed E-state index contributed by atoms with van der Waals surface area (Å²) >= 11 is 0. The fourth-order valence-corrected chi connectivity index (χ4v) is 2.39. The van der Waals surface area contributed by atoms with Gasteiger partial charge in [-0.15, -0.1) is 0 Å². The molecule has 0 spiro atoms. The number of aliphatic hydroxyl groups excluding tert-OH is 2. The van der Waals surface area contributed by atoms with Crippen molar-refractivity contribution < 1.29 is 67.4 Å². The third-order valence-electron chi connectivity index (χ3n) is 4.00. The first-order chi connectivity index (χ1) is 17.3. The molecule has 14 heteroatoms. The van der Waals surface area contributed by atoms with Gasteiger partial charge in [0.25, 0.3) is 0 Å². The van der Waals surface area contributed by atoms with E-state index < -0.39 is 66.4 Å². The topological polar surface area (TPSA) is 198 Å². The van der Waals surface area contributed by atoms with Crippen LogP contribution in [0.4, 0.5) is 0 Å². The van der Waals surface area contributed by atoms with Crippen molar-refractivity contribution in [2.45, 2.75) is 17.4 Å². The van der Waals surface area contributed by atoms with Crippen molar-refractivity contribution in [3.05, 3.63) is 75.9 Å². The summed E-state index contributed by atoms with van der Waals surface area (Å²) < 4.78 is 29.8. The fourth-order valence-electron chi connectivity index (χ4n) is 2.39. The number of aliphatic hydroxyl groups is 2. The highest BCUT2D eigenvalue weighted by Crippen LogP contribution is 2.45. The second-order valence-corrected chi connectivity index (χ2v) is 6.23. The molecule has 14 nitrogen and oxygen atoms in total. The lowest BCUT2D eigenvalue weighted by Gasteiger charge is -2.49. The van der Waals surface area contributed by atoms with Crippen LogP contribution in [0.3, 0.4) is 0 Å². The molecule has 0 saturated carbocycles. The van der Waals surface area contributed by atoms with Crippen LogP contribution in [0.2, 0.25) is 0 Å². The summed E-state index contributed by atoms with van der Waals surface area (Å²) in [4.78, 5) is 74.3. The number of carbonyl (C=O) groups is 6. The fraction of sp³-hybridized carbons (Fsp3) is 0.217. The zero-order chi connectivity index (χ0) is 28.9. The Labute approximate surface area is 210 Å². The Kier molecular flexibility index (Phi) is 12.1. The van der Waals surface area contributed by atoms with Crippen LogP contribution in [-0.2, 0) is 57.2 Å². The number of esters is 6. The van der Waals surface area contributed by atoms with Gasteiger partial charge in [0.2, 0.25) is 5.60 Å². The van der Waals surface area contributed by atoms with Crippen molar-refractivity contribution in [1.29, 1.82) is 0 Å². The maximum atomic E-state index is 12.5. The Hall–Kier alpha value is -4.82. The smallest absolute Gasteiger partial charge is 0.442 e. The Morgan fingerprint density at radius 2 is 0.730 bits per heavy atom. The van der Waals surface area contributed by atoms with Gasteiger partial charge in [-0.25, -0.2) is 28.8 Å². The van der Waals surface area contributed by atoms with E-state index in [-0.39, 0.29) is 0 Å². The van der Waals surface area contributed by atoms with Crippen molar-refractivity contribution in [1.82, 2.24) is 0 Å². The summed E-state index contributed by atoms with van der Waals surface area (Å²) in [6.45, 7) is 15.3. The minimum Gasteiger partial charge on any atom is -0.442 e. The Morgan fingerprint density at radius 3 is 0.973 bits per heavy atom. The highest BCUT2D eigenvalue weighted by molar-refractivity contribution is 5.87. The van der Waals surface area contributed by atoms with Gasteiger partial charge < -0.3 is 38.6 Å². The molecule has 0 aliphatic carbocycles. The van der Waals surface area contributed by atoms with E-state index in [1.807, 2.05) is 0 Å². The van der Waals surface area contributed by atoms with Crippen LogP contribution in [0.5, 0.6) is 0 Å². The average molecular weight is 524 g/mol. The molecular formula is C23H24O14. The lowest BCUT2D eigenvalue weighted by Crippen LogP contribution is -2.78. The zero-order valence-corrected chi connectivity index (χ0v) is 19.4. The molecule has 0 rings (SSSR count). The zero-order valence-electron chi connectivity index (χ0n) is 19.4. The molecule has 200 valence electrons. The Morgan fingerprint density at radius 1 is 0.486 bits per heavy atom. The Bertz CT molecular complexity index is 924. The van der Waals surface area contributed by atoms with Gasteiger partial charge in [-0.05, 0) is 0 Å². The molecule has 0 aromatic rings. The van der Waals surface area contributed by atoms with Gasteiger partial charge in [0.05, 0.1) is 13.2 Å². The van der Waals surface area contributed by atoms with Crippen LogP contribution in [0.1, 0.15) is 0 Å². The minimum atomic E-state index is -3.96. The van der Waals surface area contributed by atoms with Gasteiger partial charge in [-0.1, -0.05) is 39.5 Å². The molecule has 0 atom stereocenters. The summed E-state index contributed by atoms with van der Waals surface area (Å²) in [5.41, 5.74) is -3.31. The summed E-state index contributed by atoms with van der Waals surface area (Å²) in [7, 11) is 0. The van der Waals surface area contributed by atoms with E-state index in [1.54, 1.807) is 0 Å². The van der Waals surface area contributed by atoms with Crippen molar-refractivity contribution in [2.75, 3.05) is 13.2 Å². The monoisotopic (exact) mass is 524 g/mol. The molecule has 0 aliphatic heterocycles. The first kappa shape index (κ1) is 32.2. The second kappa shape index (κ2) is 13.9. The van der Waals surface area contributed by atoms with E-state index in [4.69, 9.17) is 28.4 Å². The van der Waals surface area contributed by atoms with Crippen LogP contribution < -0.4 is 0 Å². The second-order valence-electron chi connectivity index (χ2n) is 6.23. The molecule has 0 amide bonds. The molecule has 0 aromatic carbocycles. The average Bonchev–Trinajstić information content (AvgIpc) is 2.90. The Balaban J connectivity index is 8.30. The van der Waals surface area contributed by atoms with E-state index in [1.165, 1.54) is 0 Å². The van der Waals surface area contributed by atoms with E-state index in [0.29, 0.717) is 36.5 Å². The summed E-state index contributed by atoms with van der Waals surface area (Å²) in [5, 5.41) is 20.6. The maximum absolute atomic E-state index is 12.5. The predicted molar refractivity (Wildman–Crippen MR) is 120 cm³/mol. The van der Waals surface area contributed by atoms with Crippen LogP contribution in [0.25, 0.3) is 0 Å². The highest BCUT2D eigenvalue weighted by atomic mass is 16.9. The van der Waals surface area contributed by atoms with Gasteiger partial charge in [0.15, 0.2) is 0 Å². The molecule has 0 heterocycles. The van der Waals surface area contributed by atoms with Gasteiger partial charge in [0, 0.05) is 36.5 Å². The number of rotatable bonds is 16. The molecule has 0 fully saturated rings. The lowest BCUT2D eigenvalue weighted by atomic mass is 9.90. The summed E-state index contributed by atoms with van der Waals surface area (Å²) in [5.74, 6) is -17.4. The molecular weight excluding hydrogens is 500 g/mol. The molecule has 0 saturated heterocycles. The SMILES string of the molecule is C=CC(=O)OC(CO)(CO)C(OC(=O)C=C)(OC(=O)C=C)C(OC(=O)C=C)(OC(=O)C=C)OC(=O)C=C. The molecule has 0 aromatic heterocycles. The summed E-state index contributed by atoms with van der Waals surface area (Å²) in [6, 6.07) is 0. The van der Waals surface area contributed by atoms with Crippen LogP contribution in [0.15, 0.2) is 75.9 Å². The quantitative estimate of drug-likeness (QED) is 0.113. The molecule has 0 radical (unpaired) electrons. The highest BCUT2D eigenvalue weighted by Gasteiger charge is 2.80. The predicted octanol–water partition coefficient (Wildman–Crippen LogP) is -0.565. The van der Waals surface area contributed by atoms with Gasteiger partial charge in [-0.2, -0.15) is 0 Å². The molecule has 2 N–H and O–H groups in total. The number of hydrogen-bond donors (Lipinski definition) is 2. The minimum absolute atomic E-state index is 0.413. The van der Waals surface area contributed by atoms with Gasteiger partial charge in [-0.3, -0.25) is 0 Å². The van der Waals surface area contributed by atoms with E-state index in [0.717, 1.165) is 0 Å². The number of ether oxygens (including phenoxy) is 6. The summed E-state index contributed by atoms with van der Waals surface area (Å²) in [6.07, 6.45) is 2.57. The number of carbonyl (C=O) groups excluding carboxylic acids is 6.